The zero-order chi connectivity index (χ0) is 29.6. The van der Waals surface area contributed by atoms with Crippen LogP contribution in [0.4, 0.5) is 0 Å². The molecule has 2 nitrogen and oxygen atoms in total. The Balaban J connectivity index is 1.07. The van der Waals surface area contributed by atoms with Gasteiger partial charge in [0.05, 0.1) is 0 Å². The summed E-state index contributed by atoms with van der Waals surface area (Å²) in [6.07, 6.45) is 39.9. The van der Waals surface area contributed by atoms with Crippen LogP contribution >= 0.6 is 0 Å². The Hall–Kier alpha value is -0.0800. The molecule has 0 saturated heterocycles. The van der Waals surface area contributed by atoms with E-state index in [0.29, 0.717) is 0 Å². The second kappa shape index (κ2) is 13.8. The van der Waals surface area contributed by atoms with Gasteiger partial charge in [0.2, 0.25) is 0 Å². The Morgan fingerprint density at radius 2 is 0.659 bits per heavy atom. The largest absolute Gasteiger partial charge is 0.294 e. The van der Waals surface area contributed by atoms with Crippen molar-refractivity contribution in [3.8, 4) is 0 Å². The van der Waals surface area contributed by atoms with Crippen molar-refractivity contribution in [3.05, 3.63) is 0 Å². The highest BCUT2D eigenvalue weighted by atomic mass is 15.2. The van der Waals surface area contributed by atoms with Crippen LogP contribution in [0.5, 0.6) is 0 Å². The summed E-state index contributed by atoms with van der Waals surface area (Å²) >= 11 is 0. The molecule has 8 atom stereocenters. The van der Waals surface area contributed by atoms with E-state index in [1.165, 1.54) is 116 Å². The van der Waals surface area contributed by atoms with Crippen LogP contribution in [0.25, 0.3) is 0 Å². The lowest BCUT2D eigenvalue weighted by molar-refractivity contribution is -0.149. The van der Waals surface area contributed by atoms with Gasteiger partial charge in [0.25, 0.3) is 0 Å². The zero-order valence-electron chi connectivity index (χ0n) is 29.4. The Bertz CT molecular complexity index is 829. The summed E-state index contributed by atoms with van der Waals surface area (Å²) in [7, 11) is 0. The first-order valence-corrected chi connectivity index (χ1v) is 21.2. The smallest absolute Gasteiger partial charge is 0.0132 e. The fraction of sp³-hybridized carbons (Fsp3) is 1.00. The Morgan fingerprint density at radius 1 is 0.318 bits per heavy atom. The first-order valence-electron chi connectivity index (χ1n) is 21.2. The van der Waals surface area contributed by atoms with Crippen molar-refractivity contribution in [2.24, 2.45) is 47.3 Å². The summed E-state index contributed by atoms with van der Waals surface area (Å²) in [6, 6.07) is 5.56. The number of rotatable bonds is 6. The molecule has 8 unspecified atom stereocenters. The van der Waals surface area contributed by atoms with E-state index in [1.54, 1.807) is 51.4 Å². The molecule has 8 rings (SSSR count). The van der Waals surface area contributed by atoms with Crippen molar-refractivity contribution in [1.29, 1.82) is 0 Å². The van der Waals surface area contributed by atoms with Crippen molar-refractivity contribution in [2.45, 2.75) is 217 Å². The third-order valence-electron chi connectivity index (χ3n) is 16.5. The summed E-state index contributed by atoms with van der Waals surface area (Å²) in [4.78, 5) is 6.71. The molecule has 0 spiro atoms. The second-order valence-electron chi connectivity index (χ2n) is 18.8. The zero-order valence-corrected chi connectivity index (χ0v) is 29.4. The van der Waals surface area contributed by atoms with E-state index in [-0.39, 0.29) is 0 Å². The van der Waals surface area contributed by atoms with Gasteiger partial charge in [-0.1, -0.05) is 52.4 Å². The standard InChI is InChI=1S/C42H72N2/c1-29-13-21-35(22-14-29)43(33-9-5-3-6-10-33)39-27-19-31-18-26-38-40(28-20-32-17-25-37(39)41(31)42(32)38)44(34-11-7-4-8-12-34)36-23-15-30(2)16-24-36/h29-42H,3-28H2,1-2H3. The molecule has 0 aromatic heterocycles. The molecule has 0 bridgehead atoms. The monoisotopic (exact) mass is 605 g/mol. The average molecular weight is 605 g/mol. The minimum Gasteiger partial charge on any atom is -0.294 e. The van der Waals surface area contributed by atoms with E-state index < -0.39 is 0 Å². The molecule has 0 aliphatic heterocycles. The molecule has 250 valence electrons. The summed E-state index contributed by atoms with van der Waals surface area (Å²) < 4.78 is 0. The molecule has 0 aromatic carbocycles. The molecule has 0 radical (unpaired) electrons. The van der Waals surface area contributed by atoms with Crippen LogP contribution in [-0.4, -0.2) is 46.1 Å². The maximum atomic E-state index is 3.35. The Labute approximate surface area is 273 Å². The highest BCUT2D eigenvalue weighted by molar-refractivity contribution is 5.09. The van der Waals surface area contributed by atoms with Crippen molar-refractivity contribution in [3.63, 3.8) is 0 Å². The molecule has 0 amide bonds. The van der Waals surface area contributed by atoms with E-state index in [2.05, 4.69) is 23.6 Å². The molecular formula is C42H72N2. The van der Waals surface area contributed by atoms with Crippen LogP contribution in [0.15, 0.2) is 0 Å². The SMILES string of the molecule is CC1CCC(N(C2CCCCC2)C2CCC3CCC4C5C(CCC2C35)CCC4N(C2CCCCC2)C2CCC(C)CC2)CC1. The maximum Gasteiger partial charge on any atom is 0.0132 e. The van der Waals surface area contributed by atoms with E-state index in [4.69, 9.17) is 0 Å². The van der Waals surface area contributed by atoms with Crippen molar-refractivity contribution in [1.82, 2.24) is 9.80 Å². The Kier molecular flexibility index (Phi) is 9.79. The van der Waals surface area contributed by atoms with Gasteiger partial charge in [-0.25, -0.2) is 0 Å². The predicted octanol–water partition coefficient (Wildman–Crippen LogP) is 11.0. The normalized spacial score (nSPS) is 47.5. The fourth-order valence-corrected chi connectivity index (χ4v) is 14.5. The van der Waals surface area contributed by atoms with Gasteiger partial charge in [0, 0.05) is 36.3 Å². The van der Waals surface area contributed by atoms with Gasteiger partial charge in [-0.2, -0.15) is 0 Å². The number of nitrogens with zero attached hydrogens (tertiary/aromatic N) is 2. The lowest BCUT2D eigenvalue weighted by atomic mass is 9.46. The van der Waals surface area contributed by atoms with Crippen molar-refractivity contribution < 1.29 is 0 Å². The second-order valence-corrected chi connectivity index (χ2v) is 18.8. The third kappa shape index (κ3) is 6.03. The summed E-state index contributed by atoms with van der Waals surface area (Å²) in [5.74, 6) is 8.36. The number of hydrogen-bond acceptors (Lipinski definition) is 2. The van der Waals surface area contributed by atoms with Crippen LogP contribution in [0, 0.1) is 47.3 Å². The van der Waals surface area contributed by atoms with E-state index in [0.717, 1.165) is 83.6 Å². The van der Waals surface area contributed by atoms with E-state index in [1.807, 2.05) is 0 Å². The van der Waals surface area contributed by atoms with E-state index in [9.17, 15) is 0 Å². The molecule has 8 aliphatic carbocycles. The van der Waals surface area contributed by atoms with Crippen LogP contribution in [-0.2, 0) is 0 Å². The van der Waals surface area contributed by atoms with Gasteiger partial charge < -0.3 is 0 Å². The summed E-state index contributed by atoms with van der Waals surface area (Å²) in [6.45, 7) is 5.08. The first-order chi connectivity index (χ1) is 21.7. The summed E-state index contributed by atoms with van der Waals surface area (Å²) in [5.41, 5.74) is 0. The predicted molar refractivity (Wildman–Crippen MR) is 186 cm³/mol. The van der Waals surface area contributed by atoms with Gasteiger partial charge in [-0.3, -0.25) is 9.80 Å². The maximum absolute atomic E-state index is 3.35. The third-order valence-corrected chi connectivity index (χ3v) is 16.5. The van der Waals surface area contributed by atoms with Gasteiger partial charge in [0.1, 0.15) is 0 Å². The van der Waals surface area contributed by atoms with Crippen molar-refractivity contribution >= 4 is 0 Å². The molecule has 2 heteroatoms. The van der Waals surface area contributed by atoms with Crippen molar-refractivity contribution in [2.75, 3.05) is 0 Å². The molecule has 0 heterocycles. The van der Waals surface area contributed by atoms with Crippen LogP contribution < -0.4 is 0 Å². The van der Waals surface area contributed by atoms with Crippen LogP contribution in [0.2, 0.25) is 0 Å². The van der Waals surface area contributed by atoms with Crippen LogP contribution in [0.1, 0.15) is 181 Å². The lowest BCUT2D eigenvalue weighted by Crippen LogP contribution is -2.64. The fourth-order valence-electron chi connectivity index (χ4n) is 14.5. The highest BCUT2D eigenvalue weighted by Gasteiger charge is 2.58. The van der Waals surface area contributed by atoms with Gasteiger partial charge in [-0.15, -0.1) is 0 Å². The minimum absolute atomic E-state index is 0.919. The number of hydrogen-bond donors (Lipinski definition) is 0. The highest BCUT2D eigenvalue weighted by Crippen LogP contribution is 2.62. The molecule has 0 aromatic rings. The molecule has 0 N–H and O–H groups in total. The van der Waals surface area contributed by atoms with Crippen LogP contribution in [0.3, 0.4) is 0 Å². The van der Waals surface area contributed by atoms with E-state index >= 15 is 0 Å². The Morgan fingerprint density at radius 3 is 1.05 bits per heavy atom. The quantitative estimate of drug-likeness (QED) is 0.297. The molecular weight excluding hydrogens is 532 g/mol. The molecule has 44 heavy (non-hydrogen) atoms. The average Bonchev–Trinajstić information content (AvgIpc) is 3.07. The molecule has 8 aliphatic rings. The van der Waals surface area contributed by atoms with Gasteiger partial charge in [-0.05, 0) is 176 Å². The summed E-state index contributed by atoms with van der Waals surface area (Å²) in [5, 5.41) is 0. The first kappa shape index (κ1) is 31.2. The minimum atomic E-state index is 0.919. The topological polar surface area (TPSA) is 6.48 Å². The lowest BCUT2D eigenvalue weighted by Gasteiger charge is -2.64. The molecule has 8 saturated carbocycles. The van der Waals surface area contributed by atoms with Gasteiger partial charge in [0.15, 0.2) is 0 Å². The van der Waals surface area contributed by atoms with Gasteiger partial charge >= 0.3 is 0 Å². The molecule has 8 fully saturated rings.